The van der Waals surface area contributed by atoms with Gasteiger partial charge in [0, 0.05) is 0 Å². The van der Waals surface area contributed by atoms with E-state index < -0.39 is 6.09 Å². The maximum atomic E-state index is 11.6. The van der Waals surface area contributed by atoms with E-state index in [4.69, 9.17) is 4.74 Å². The molecule has 0 aliphatic heterocycles. The first-order valence-electron chi connectivity index (χ1n) is 8.66. The molecule has 0 aliphatic rings. The molecule has 0 aliphatic carbocycles. The number of hydrogen-bond acceptors (Lipinski definition) is 7. The van der Waals surface area contributed by atoms with Crippen LogP contribution >= 0.6 is 22.7 Å². The number of benzene rings is 1. The Bertz CT molecular complexity index is 955. The molecule has 0 saturated carbocycles. The van der Waals surface area contributed by atoms with E-state index in [1.165, 1.54) is 24.0 Å². The number of aromatic nitrogens is 1. The maximum Gasteiger partial charge on any atom is 0.412 e. The molecule has 28 heavy (non-hydrogen) atoms. The number of carbonyl (C=O) groups excluding carboxylic acids is 1. The summed E-state index contributed by atoms with van der Waals surface area (Å²) in [5.41, 5.74) is 6.02. The lowest BCUT2D eigenvalue weighted by Gasteiger charge is -2.18. The van der Waals surface area contributed by atoms with E-state index in [0.29, 0.717) is 15.8 Å². The third-order valence-electron chi connectivity index (χ3n) is 3.93. The lowest BCUT2D eigenvalue weighted by atomic mass is 9.87. The summed E-state index contributed by atoms with van der Waals surface area (Å²) in [5, 5.41) is 10.1. The van der Waals surface area contributed by atoms with E-state index in [2.05, 4.69) is 53.7 Å². The number of carbonyl (C=O) groups is 1. The molecule has 0 bridgehead atoms. The Hall–Kier alpha value is -2.71. The van der Waals surface area contributed by atoms with Crippen molar-refractivity contribution >= 4 is 45.1 Å². The molecular formula is C20H22N4O2S2. The molecule has 1 amide bonds. The van der Waals surface area contributed by atoms with Crippen molar-refractivity contribution in [3.05, 3.63) is 52.9 Å². The lowest BCUT2D eigenvalue weighted by Crippen LogP contribution is -2.10. The van der Waals surface area contributed by atoms with Gasteiger partial charge < -0.3 is 4.74 Å². The Morgan fingerprint density at radius 2 is 1.96 bits per heavy atom. The SMILES string of the molecule is COC(=O)Nc1sc(NN=Cc2ccc(C(C)(C)C)cc2)nc1-c1cccs1. The number of hydrazone groups is 1. The molecule has 0 atom stereocenters. The molecule has 0 unspecified atom stereocenters. The van der Waals surface area contributed by atoms with Crippen molar-refractivity contribution in [2.45, 2.75) is 26.2 Å². The Morgan fingerprint density at radius 3 is 2.57 bits per heavy atom. The van der Waals surface area contributed by atoms with Crippen molar-refractivity contribution in [3.63, 3.8) is 0 Å². The standard InChI is InChI=1S/C20H22N4O2S2/c1-20(2,3)14-9-7-13(8-10-14)12-21-24-18-22-16(15-6-5-11-27-15)17(28-18)23-19(25)26-4/h5-12H,1-4H3,(H,22,24)(H,23,25). The number of thiazole rings is 1. The van der Waals surface area contributed by atoms with Gasteiger partial charge in [0.2, 0.25) is 5.13 Å². The highest BCUT2D eigenvalue weighted by atomic mass is 32.1. The third-order valence-corrected chi connectivity index (χ3v) is 5.69. The van der Waals surface area contributed by atoms with E-state index in [1.807, 2.05) is 29.6 Å². The van der Waals surface area contributed by atoms with Crippen LogP contribution in [0.1, 0.15) is 31.9 Å². The second-order valence-corrected chi connectivity index (χ2v) is 8.98. The number of nitrogens with zero attached hydrogens (tertiary/aromatic N) is 2. The van der Waals surface area contributed by atoms with Crippen LogP contribution in [-0.4, -0.2) is 24.4 Å². The van der Waals surface area contributed by atoms with Gasteiger partial charge in [0.1, 0.15) is 10.7 Å². The molecule has 0 spiro atoms. The minimum absolute atomic E-state index is 0.121. The molecule has 2 aromatic heterocycles. The van der Waals surface area contributed by atoms with Gasteiger partial charge in [0.05, 0.1) is 18.2 Å². The Kier molecular flexibility index (Phi) is 6.11. The van der Waals surface area contributed by atoms with Gasteiger partial charge in [-0.1, -0.05) is 62.4 Å². The van der Waals surface area contributed by atoms with Gasteiger partial charge in [-0.15, -0.1) is 11.3 Å². The topological polar surface area (TPSA) is 75.6 Å². The van der Waals surface area contributed by atoms with E-state index in [-0.39, 0.29) is 5.41 Å². The fourth-order valence-corrected chi connectivity index (χ4v) is 4.01. The Morgan fingerprint density at radius 1 is 1.21 bits per heavy atom. The molecule has 6 nitrogen and oxygen atoms in total. The second kappa shape index (κ2) is 8.53. The minimum atomic E-state index is -0.532. The Labute approximate surface area is 172 Å². The molecule has 0 fully saturated rings. The number of amides is 1. The summed E-state index contributed by atoms with van der Waals surface area (Å²) >= 11 is 2.85. The van der Waals surface area contributed by atoms with Gasteiger partial charge in [-0.3, -0.25) is 10.7 Å². The van der Waals surface area contributed by atoms with Gasteiger partial charge in [-0.2, -0.15) is 5.10 Å². The molecule has 1 aromatic carbocycles. The number of nitrogens with one attached hydrogen (secondary N) is 2. The van der Waals surface area contributed by atoms with Crippen LogP contribution < -0.4 is 10.7 Å². The normalized spacial score (nSPS) is 11.6. The predicted molar refractivity (Wildman–Crippen MR) is 118 cm³/mol. The monoisotopic (exact) mass is 414 g/mol. The summed E-state index contributed by atoms with van der Waals surface area (Å²) < 4.78 is 4.69. The zero-order valence-corrected chi connectivity index (χ0v) is 17.8. The van der Waals surface area contributed by atoms with Crippen LogP contribution in [0.2, 0.25) is 0 Å². The quantitative estimate of drug-likeness (QED) is 0.409. The molecule has 3 rings (SSSR count). The fourth-order valence-electron chi connectivity index (χ4n) is 2.41. The smallest absolute Gasteiger partial charge is 0.412 e. The summed E-state index contributed by atoms with van der Waals surface area (Å²) in [4.78, 5) is 17.1. The molecule has 3 aromatic rings. The summed E-state index contributed by atoms with van der Waals surface area (Å²) in [6, 6.07) is 12.2. The first-order valence-corrected chi connectivity index (χ1v) is 10.4. The molecule has 0 saturated heterocycles. The van der Waals surface area contributed by atoms with Crippen LogP contribution in [0, 0.1) is 0 Å². The lowest BCUT2D eigenvalue weighted by molar-refractivity contribution is 0.187. The minimum Gasteiger partial charge on any atom is -0.453 e. The van der Waals surface area contributed by atoms with Crippen molar-refractivity contribution in [2.75, 3.05) is 17.9 Å². The van der Waals surface area contributed by atoms with Crippen molar-refractivity contribution in [2.24, 2.45) is 5.10 Å². The molecule has 0 radical (unpaired) electrons. The summed E-state index contributed by atoms with van der Waals surface area (Å²) in [7, 11) is 1.33. The zero-order chi connectivity index (χ0) is 20.1. The molecule has 2 N–H and O–H groups in total. The first-order chi connectivity index (χ1) is 13.4. The van der Waals surface area contributed by atoms with Crippen LogP contribution in [0.25, 0.3) is 10.6 Å². The van der Waals surface area contributed by atoms with E-state index in [9.17, 15) is 4.79 Å². The number of ether oxygens (including phenoxy) is 1. The first kappa shape index (κ1) is 20.0. The van der Waals surface area contributed by atoms with Gasteiger partial charge in [-0.25, -0.2) is 9.78 Å². The van der Waals surface area contributed by atoms with Crippen LogP contribution in [0.4, 0.5) is 14.9 Å². The predicted octanol–water partition coefficient (Wildman–Crippen LogP) is 5.79. The summed E-state index contributed by atoms with van der Waals surface area (Å²) in [6.45, 7) is 6.56. The van der Waals surface area contributed by atoms with Gasteiger partial charge in [0.25, 0.3) is 0 Å². The number of rotatable bonds is 5. The number of methoxy groups -OCH3 is 1. The van der Waals surface area contributed by atoms with Crippen molar-refractivity contribution in [1.29, 1.82) is 0 Å². The van der Waals surface area contributed by atoms with Crippen LogP contribution in [0.5, 0.6) is 0 Å². The van der Waals surface area contributed by atoms with Crippen LogP contribution in [0.3, 0.4) is 0 Å². The van der Waals surface area contributed by atoms with Gasteiger partial charge >= 0.3 is 6.09 Å². The van der Waals surface area contributed by atoms with E-state index >= 15 is 0 Å². The molecule has 146 valence electrons. The molecule has 8 heteroatoms. The van der Waals surface area contributed by atoms with Gasteiger partial charge in [0.15, 0.2) is 0 Å². The largest absolute Gasteiger partial charge is 0.453 e. The molecular weight excluding hydrogens is 392 g/mol. The highest BCUT2D eigenvalue weighted by Crippen LogP contribution is 2.38. The van der Waals surface area contributed by atoms with Crippen molar-refractivity contribution in [1.82, 2.24) is 4.98 Å². The zero-order valence-electron chi connectivity index (χ0n) is 16.1. The summed E-state index contributed by atoms with van der Waals surface area (Å²) in [6.07, 6.45) is 1.21. The average molecular weight is 415 g/mol. The fraction of sp³-hybridized carbons (Fsp3) is 0.250. The van der Waals surface area contributed by atoms with Gasteiger partial charge in [-0.05, 0) is 28.0 Å². The third kappa shape index (κ3) is 4.96. The van der Waals surface area contributed by atoms with Crippen molar-refractivity contribution in [3.8, 4) is 10.6 Å². The van der Waals surface area contributed by atoms with E-state index in [1.54, 1.807) is 17.6 Å². The number of anilines is 2. The highest BCUT2D eigenvalue weighted by Gasteiger charge is 2.16. The maximum absolute atomic E-state index is 11.6. The van der Waals surface area contributed by atoms with Crippen LogP contribution in [0.15, 0.2) is 46.9 Å². The highest BCUT2D eigenvalue weighted by molar-refractivity contribution is 7.21. The molecule has 2 heterocycles. The van der Waals surface area contributed by atoms with Crippen molar-refractivity contribution < 1.29 is 9.53 Å². The second-order valence-electron chi connectivity index (χ2n) is 7.03. The number of thiophene rings is 1. The number of hydrogen-bond donors (Lipinski definition) is 2. The summed E-state index contributed by atoms with van der Waals surface area (Å²) in [5.74, 6) is 0. The van der Waals surface area contributed by atoms with Crippen LogP contribution in [-0.2, 0) is 10.2 Å². The average Bonchev–Trinajstić information content (AvgIpc) is 3.31. The van der Waals surface area contributed by atoms with E-state index in [0.717, 1.165) is 10.4 Å². The Balaban J connectivity index is 1.74.